The van der Waals surface area contributed by atoms with Gasteiger partial charge in [-0.2, -0.15) is 0 Å². The van der Waals surface area contributed by atoms with Crippen LogP contribution in [0.25, 0.3) is 0 Å². The molecule has 7 nitrogen and oxygen atoms in total. The number of hydrogen-bond acceptors (Lipinski definition) is 5. The zero-order valence-electron chi connectivity index (χ0n) is 16.3. The predicted octanol–water partition coefficient (Wildman–Crippen LogP) is 5.35. The van der Waals surface area contributed by atoms with E-state index >= 15 is 0 Å². The molecule has 0 unspecified atom stereocenters. The van der Waals surface area contributed by atoms with Crippen molar-refractivity contribution in [1.29, 1.82) is 0 Å². The summed E-state index contributed by atoms with van der Waals surface area (Å²) in [6.07, 6.45) is 0. The first kappa shape index (κ1) is 21.6. The fourth-order valence-electron chi connectivity index (χ4n) is 2.70. The molecule has 3 aromatic rings. The Morgan fingerprint density at radius 2 is 1.77 bits per heavy atom. The molecule has 1 amide bonds. The number of nitrogens with one attached hydrogen (secondary N) is 1. The Morgan fingerprint density at radius 3 is 2.37 bits per heavy atom. The second-order valence-electron chi connectivity index (χ2n) is 6.52. The van der Waals surface area contributed by atoms with Gasteiger partial charge in [0.15, 0.2) is 11.5 Å². The van der Waals surface area contributed by atoms with Gasteiger partial charge in [0, 0.05) is 23.4 Å². The normalized spacial score (nSPS) is 10.4. The molecule has 0 aliphatic heterocycles. The van der Waals surface area contributed by atoms with Gasteiger partial charge in [-0.25, -0.2) is 0 Å². The highest BCUT2D eigenvalue weighted by molar-refractivity contribution is 14.1. The molecule has 0 bridgehead atoms. The zero-order chi connectivity index (χ0) is 21.7. The molecule has 0 aliphatic rings. The number of non-ortho nitro benzene ring substituents is 1. The summed E-state index contributed by atoms with van der Waals surface area (Å²) >= 11 is 2.10. The standard InChI is InChI=1S/C22H19IN2O5/c1-14-3-5-15(6-4-14)13-30-21-19(23)11-16(12-20(21)29-2)22(26)24-17-7-9-18(10-8-17)25(27)28/h3-12H,13H2,1-2H3,(H,24,26). The summed E-state index contributed by atoms with van der Waals surface area (Å²) in [7, 11) is 1.52. The zero-order valence-corrected chi connectivity index (χ0v) is 18.5. The minimum Gasteiger partial charge on any atom is -0.493 e. The number of rotatable bonds is 7. The molecule has 3 rings (SSSR count). The van der Waals surface area contributed by atoms with Gasteiger partial charge in [0.2, 0.25) is 0 Å². The van der Waals surface area contributed by atoms with Crippen LogP contribution in [0.4, 0.5) is 11.4 Å². The van der Waals surface area contributed by atoms with E-state index in [4.69, 9.17) is 9.47 Å². The molecule has 30 heavy (non-hydrogen) atoms. The van der Waals surface area contributed by atoms with Gasteiger partial charge in [0.05, 0.1) is 15.6 Å². The first-order valence-electron chi connectivity index (χ1n) is 8.99. The molecule has 3 aromatic carbocycles. The van der Waals surface area contributed by atoms with Crippen molar-refractivity contribution in [3.63, 3.8) is 0 Å². The van der Waals surface area contributed by atoms with E-state index in [9.17, 15) is 14.9 Å². The minimum absolute atomic E-state index is 0.0423. The van der Waals surface area contributed by atoms with Crippen molar-refractivity contribution in [2.45, 2.75) is 13.5 Å². The largest absolute Gasteiger partial charge is 0.493 e. The summed E-state index contributed by atoms with van der Waals surface area (Å²) in [4.78, 5) is 22.9. The van der Waals surface area contributed by atoms with Crippen LogP contribution in [0.3, 0.4) is 0 Å². The van der Waals surface area contributed by atoms with E-state index in [1.807, 2.05) is 31.2 Å². The third-order valence-corrected chi connectivity index (χ3v) is 5.13. The number of nitro benzene ring substituents is 1. The van der Waals surface area contributed by atoms with E-state index < -0.39 is 4.92 Å². The van der Waals surface area contributed by atoms with Crippen LogP contribution in [-0.4, -0.2) is 17.9 Å². The number of carbonyl (C=O) groups excluding carboxylic acids is 1. The number of methoxy groups -OCH3 is 1. The van der Waals surface area contributed by atoms with Gasteiger partial charge in [0.25, 0.3) is 11.6 Å². The molecule has 0 spiro atoms. The smallest absolute Gasteiger partial charge is 0.269 e. The topological polar surface area (TPSA) is 90.7 Å². The van der Waals surface area contributed by atoms with E-state index in [1.54, 1.807) is 12.1 Å². The highest BCUT2D eigenvalue weighted by atomic mass is 127. The van der Waals surface area contributed by atoms with Crippen LogP contribution in [0.1, 0.15) is 21.5 Å². The highest BCUT2D eigenvalue weighted by Gasteiger charge is 2.16. The maximum Gasteiger partial charge on any atom is 0.269 e. The third-order valence-electron chi connectivity index (χ3n) is 4.33. The van der Waals surface area contributed by atoms with Crippen molar-refractivity contribution in [1.82, 2.24) is 0 Å². The minimum atomic E-state index is -0.492. The van der Waals surface area contributed by atoms with Gasteiger partial charge in [-0.1, -0.05) is 29.8 Å². The molecule has 0 heterocycles. The first-order valence-corrected chi connectivity index (χ1v) is 10.1. The number of nitrogens with zero attached hydrogens (tertiary/aromatic N) is 1. The second kappa shape index (κ2) is 9.57. The number of aryl methyl sites for hydroxylation is 1. The molecule has 0 radical (unpaired) electrons. The average Bonchev–Trinajstić information content (AvgIpc) is 2.73. The summed E-state index contributed by atoms with van der Waals surface area (Å²) in [6.45, 7) is 2.40. The van der Waals surface area contributed by atoms with Crippen molar-refractivity contribution in [3.05, 3.63) is 91.0 Å². The fraction of sp³-hybridized carbons (Fsp3) is 0.136. The molecular formula is C22H19IN2O5. The lowest BCUT2D eigenvalue weighted by molar-refractivity contribution is -0.384. The number of nitro groups is 1. The number of anilines is 1. The van der Waals surface area contributed by atoms with Crippen molar-refractivity contribution in [3.8, 4) is 11.5 Å². The van der Waals surface area contributed by atoms with E-state index in [-0.39, 0.29) is 11.6 Å². The fourth-order valence-corrected chi connectivity index (χ4v) is 3.46. The van der Waals surface area contributed by atoms with E-state index in [0.717, 1.165) is 9.13 Å². The summed E-state index contributed by atoms with van der Waals surface area (Å²) < 4.78 is 12.1. The van der Waals surface area contributed by atoms with Crippen molar-refractivity contribution >= 4 is 39.9 Å². The van der Waals surface area contributed by atoms with Crippen LogP contribution in [0.15, 0.2) is 60.7 Å². The Hall–Kier alpha value is -3.14. The van der Waals surface area contributed by atoms with E-state index in [0.29, 0.717) is 29.4 Å². The summed E-state index contributed by atoms with van der Waals surface area (Å²) in [5, 5.41) is 13.5. The SMILES string of the molecule is COc1cc(C(=O)Nc2ccc([N+](=O)[O-])cc2)cc(I)c1OCc1ccc(C)cc1. The third kappa shape index (κ3) is 5.26. The molecule has 154 valence electrons. The summed E-state index contributed by atoms with van der Waals surface area (Å²) in [5.74, 6) is 0.651. The second-order valence-corrected chi connectivity index (χ2v) is 7.68. The van der Waals surface area contributed by atoms with Gasteiger partial charge in [-0.05, 0) is 59.3 Å². The van der Waals surface area contributed by atoms with Crippen LogP contribution in [0.5, 0.6) is 11.5 Å². The summed E-state index contributed by atoms with van der Waals surface area (Å²) in [5.41, 5.74) is 3.00. The average molecular weight is 518 g/mol. The van der Waals surface area contributed by atoms with Crippen molar-refractivity contribution < 1.29 is 19.2 Å². The molecule has 0 atom stereocenters. The Morgan fingerprint density at radius 1 is 1.10 bits per heavy atom. The molecule has 8 heteroatoms. The Labute approximate surface area is 187 Å². The lowest BCUT2D eigenvalue weighted by Crippen LogP contribution is -2.13. The van der Waals surface area contributed by atoms with E-state index in [2.05, 4.69) is 27.9 Å². The maximum absolute atomic E-state index is 12.6. The lowest BCUT2D eigenvalue weighted by atomic mass is 10.1. The van der Waals surface area contributed by atoms with Crippen LogP contribution >= 0.6 is 22.6 Å². The number of amides is 1. The van der Waals surface area contributed by atoms with Crippen LogP contribution in [0.2, 0.25) is 0 Å². The van der Waals surface area contributed by atoms with Gasteiger partial charge in [0.1, 0.15) is 6.61 Å². The molecule has 0 saturated carbocycles. The maximum atomic E-state index is 12.6. The predicted molar refractivity (Wildman–Crippen MR) is 122 cm³/mol. The molecule has 1 N–H and O–H groups in total. The van der Waals surface area contributed by atoms with E-state index in [1.165, 1.54) is 36.9 Å². The Bertz CT molecular complexity index is 1070. The molecule has 0 fully saturated rings. The molecular weight excluding hydrogens is 499 g/mol. The molecule has 0 saturated heterocycles. The quantitative estimate of drug-likeness (QED) is 0.259. The molecule has 0 aromatic heterocycles. The number of halogens is 1. The van der Waals surface area contributed by atoms with Gasteiger partial charge in [-0.15, -0.1) is 0 Å². The first-order chi connectivity index (χ1) is 14.4. The highest BCUT2D eigenvalue weighted by Crippen LogP contribution is 2.35. The number of carbonyl (C=O) groups is 1. The lowest BCUT2D eigenvalue weighted by Gasteiger charge is -2.15. The van der Waals surface area contributed by atoms with Crippen LogP contribution in [-0.2, 0) is 6.61 Å². The van der Waals surface area contributed by atoms with Crippen LogP contribution in [0, 0.1) is 20.6 Å². The number of benzene rings is 3. The number of ether oxygens (including phenoxy) is 2. The van der Waals surface area contributed by atoms with Gasteiger partial charge in [-0.3, -0.25) is 14.9 Å². The van der Waals surface area contributed by atoms with Crippen LogP contribution < -0.4 is 14.8 Å². The molecule has 0 aliphatic carbocycles. The monoisotopic (exact) mass is 518 g/mol. The van der Waals surface area contributed by atoms with Crippen molar-refractivity contribution in [2.75, 3.05) is 12.4 Å². The Kier molecular flexibility index (Phi) is 6.88. The van der Waals surface area contributed by atoms with Gasteiger partial charge >= 0.3 is 0 Å². The Balaban J connectivity index is 1.75. The number of hydrogen-bond donors (Lipinski definition) is 1. The van der Waals surface area contributed by atoms with Crippen molar-refractivity contribution in [2.24, 2.45) is 0 Å². The van der Waals surface area contributed by atoms with Gasteiger partial charge < -0.3 is 14.8 Å². The summed E-state index contributed by atoms with van der Waals surface area (Å²) in [6, 6.07) is 17.0.